The van der Waals surface area contributed by atoms with E-state index in [0.717, 1.165) is 52.9 Å². The van der Waals surface area contributed by atoms with Crippen molar-refractivity contribution >= 4 is 22.8 Å². The molecule has 0 radical (unpaired) electrons. The van der Waals surface area contributed by atoms with Crippen molar-refractivity contribution in [3.05, 3.63) is 59.3 Å². The van der Waals surface area contributed by atoms with Gasteiger partial charge >= 0.3 is 6.03 Å². The fraction of sp³-hybridized carbons (Fsp3) is 0.429. The molecule has 2 unspecified atom stereocenters. The molecule has 1 fully saturated rings. The number of ether oxygens (including phenoxy) is 1. The number of aromatic amines is 1. The number of phenols is 1. The molecule has 3 heterocycles. The Hall–Kier alpha value is -3.52. The molecule has 190 valence electrons. The number of fused-ring (bicyclic) bond motifs is 4. The fourth-order valence-corrected chi connectivity index (χ4v) is 5.84. The summed E-state index contributed by atoms with van der Waals surface area (Å²) in [6, 6.07) is 12.1. The molecule has 36 heavy (non-hydrogen) atoms. The predicted molar refractivity (Wildman–Crippen MR) is 138 cm³/mol. The van der Waals surface area contributed by atoms with E-state index in [-0.39, 0.29) is 17.7 Å². The van der Waals surface area contributed by atoms with Gasteiger partial charge in [0.15, 0.2) is 0 Å². The number of aromatic hydroxyl groups is 1. The Morgan fingerprint density at radius 2 is 1.97 bits per heavy atom. The van der Waals surface area contributed by atoms with Gasteiger partial charge in [-0.3, -0.25) is 14.6 Å². The summed E-state index contributed by atoms with van der Waals surface area (Å²) in [5.41, 5.74) is 2.61. The Morgan fingerprint density at radius 1 is 1.17 bits per heavy atom. The van der Waals surface area contributed by atoms with Gasteiger partial charge in [0.1, 0.15) is 23.1 Å². The molecular weight excluding hydrogens is 456 g/mol. The number of carbonyl (C=O) groups excluding carboxylic acids is 2. The number of rotatable bonds is 8. The van der Waals surface area contributed by atoms with Crippen LogP contribution in [0.1, 0.15) is 49.0 Å². The largest absolute Gasteiger partial charge is 0.508 e. The summed E-state index contributed by atoms with van der Waals surface area (Å²) >= 11 is 0. The molecule has 1 aromatic heterocycles. The Balaban J connectivity index is 1.64. The lowest BCUT2D eigenvalue weighted by Crippen LogP contribution is -2.55. The van der Waals surface area contributed by atoms with Crippen LogP contribution in [0.25, 0.3) is 10.9 Å². The molecule has 2 atom stereocenters. The zero-order chi connectivity index (χ0) is 25.6. The number of imide groups is 1. The van der Waals surface area contributed by atoms with Gasteiger partial charge in [0, 0.05) is 29.6 Å². The predicted octanol–water partition coefficient (Wildman–Crippen LogP) is 4.28. The first-order valence-electron chi connectivity index (χ1n) is 12.6. The second-order valence-electron chi connectivity index (χ2n) is 10.1. The van der Waals surface area contributed by atoms with Gasteiger partial charge in [-0.05, 0) is 81.4 Å². The number of hydrogen-bond acceptors (Lipinski definition) is 5. The maximum atomic E-state index is 14.0. The van der Waals surface area contributed by atoms with Crippen molar-refractivity contribution in [2.75, 3.05) is 34.3 Å². The van der Waals surface area contributed by atoms with Crippen molar-refractivity contribution in [1.29, 1.82) is 0 Å². The summed E-state index contributed by atoms with van der Waals surface area (Å²) in [5.74, 6) is 0.730. The molecule has 8 nitrogen and oxygen atoms in total. The van der Waals surface area contributed by atoms with Crippen molar-refractivity contribution in [3.8, 4) is 11.5 Å². The number of carbonyl (C=O) groups is 2. The van der Waals surface area contributed by atoms with Gasteiger partial charge in [-0.15, -0.1) is 0 Å². The van der Waals surface area contributed by atoms with Crippen molar-refractivity contribution in [1.82, 2.24) is 19.7 Å². The lowest BCUT2D eigenvalue weighted by molar-refractivity contribution is -0.134. The highest BCUT2D eigenvalue weighted by Crippen LogP contribution is 2.50. The third-order valence-corrected chi connectivity index (χ3v) is 7.70. The van der Waals surface area contributed by atoms with Gasteiger partial charge < -0.3 is 19.7 Å². The maximum Gasteiger partial charge on any atom is 0.328 e. The highest BCUT2D eigenvalue weighted by Gasteiger charge is 2.61. The van der Waals surface area contributed by atoms with Crippen LogP contribution in [-0.4, -0.2) is 76.6 Å². The number of hydrogen-bond donors (Lipinski definition) is 2. The average molecular weight is 491 g/mol. The Labute approximate surface area is 211 Å². The Bertz CT molecular complexity index is 1320. The van der Waals surface area contributed by atoms with E-state index in [4.69, 9.17) is 4.74 Å². The lowest BCUT2D eigenvalue weighted by atomic mass is 9.78. The summed E-state index contributed by atoms with van der Waals surface area (Å²) in [6.07, 6.45) is 2.59. The monoisotopic (exact) mass is 490 g/mol. The topological polar surface area (TPSA) is 89.1 Å². The molecule has 0 saturated carbocycles. The van der Waals surface area contributed by atoms with Crippen LogP contribution < -0.4 is 4.74 Å². The molecule has 2 aliphatic rings. The summed E-state index contributed by atoms with van der Waals surface area (Å²) in [4.78, 5) is 36.9. The molecule has 0 bridgehead atoms. The van der Waals surface area contributed by atoms with Gasteiger partial charge in [0.05, 0.1) is 7.11 Å². The van der Waals surface area contributed by atoms with Crippen LogP contribution >= 0.6 is 0 Å². The number of amides is 3. The smallest absolute Gasteiger partial charge is 0.328 e. The second kappa shape index (κ2) is 9.17. The van der Waals surface area contributed by atoms with Crippen LogP contribution in [0, 0.1) is 0 Å². The van der Waals surface area contributed by atoms with E-state index in [1.54, 1.807) is 30.2 Å². The normalized spacial score (nSPS) is 21.4. The first kappa shape index (κ1) is 24.2. The summed E-state index contributed by atoms with van der Waals surface area (Å²) in [5, 5.41) is 11.3. The number of aromatic nitrogens is 1. The number of unbranched alkanes of at least 4 members (excludes halogenated alkanes) is 1. The van der Waals surface area contributed by atoms with Gasteiger partial charge in [0.25, 0.3) is 5.91 Å². The quantitative estimate of drug-likeness (QED) is 0.363. The molecule has 3 amide bonds. The van der Waals surface area contributed by atoms with E-state index < -0.39 is 11.6 Å². The number of benzene rings is 2. The number of phenolic OH excluding ortho intramolecular Hbond substituents is 1. The van der Waals surface area contributed by atoms with E-state index in [9.17, 15) is 14.7 Å². The molecule has 2 N–H and O–H groups in total. The number of nitrogens with one attached hydrogen (secondary N) is 1. The van der Waals surface area contributed by atoms with Crippen LogP contribution in [0.15, 0.2) is 42.5 Å². The van der Waals surface area contributed by atoms with Crippen LogP contribution in [0.4, 0.5) is 4.79 Å². The highest BCUT2D eigenvalue weighted by molar-refractivity contribution is 6.08. The number of nitrogens with zero attached hydrogens (tertiary/aromatic N) is 3. The first-order valence-corrected chi connectivity index (χ1v) is 12.6. The zero-order valence-electron chi connectivity index (χ0n) is 21.4. The van der Waals surface area contributed by atoms with Gasteiger partial charge in [0.2, 0.25) is 0 Å². The lowest BCUT2D eigenvalue weighted by Gasteiger charge is -2.44. The standard InChI is InChI=1S/C28H34N4O4/c1-5-28-17-22-21-16-20(36-4)11-12-23(21)29-24(22)25(18-9-8-10-19(33)15-18)32(28)27(35)31(26(28)34)14-7-6-13-30(2)3/h8-12,15-16,25,29,33H,5-7,13-14,17H2,1-4H3. The van der Waals surface area contributed by atoms with Crippen LogP contribution in [0.3, 0.4) is 0 Å². The summed E-state index contributed by atoms with van der Waals surface area (Å²) < 4.78 is 5.48. The van der Waals surface area contributed by atoms with Crippen molar-refractivity contribution in [2.24, 2.45) is 0 Å². The Kier molecular flexibility index (Phi) is 6.16. The molecular formula is C28H34N4O4. The molecule has 1 saturated heterocycles. The third kappa shape index (κ3) is 3.71. The van der Waals surface area contributed by atoms with E-state index in [1.807, 2.05) is 45.3 Å². The molecule has 0 aliphatic carbocycles. The molecule has 0 spiro atoms. The minimum atomic E-state index is -0.986. The molecule has 3 aromatic rings. The molecule has 2 aliphatic heterocycles. The van der Waals surface area contributed by atoms with Crippen LogP contribution in [-0.2, 0) is 11.2 Å². The highest BCUT2D eigenvalue weighted by atomic mass is 16.5. The number of H-pyrrole nitrogens is 1. The minimum absolute atomic E-state index is 0.123. The Morgan fingerprint density at radius 3 is 2.67 bits per heavy atom. The molecule has 5 rings (SSSR count). The molecule has 8 heteroatoms. The van der Waals surface area contributed by atoms with E-state index in [2.05, 4.69) is 9.88 Å². The van der Waals surface area contributed by atoms with E-state index in [0.29, 0.717) is 19.4 Å². The number of methoxy groups -OCH3 is 1. The van der Waals surface area contributed by atoms with Crippen molar-refractivity contribution < 1.29 is 19.4 Å². The van der Waals surface area contributed by atoms with Crippen LogP contribution in [0.2, 0.25) is 0 Å². The summed E-state index contributed by atoms with van der Waals surface area (Å²) in [7, 11) is 5.68. The molecule has 2 aromatic carbocycles. The fourth-order valence-electron chi connectivity index (χ4n) is 5.84. The minimum Gasteiger partial charge on any atom is -0.508 e. The van der Waals surface area contributed by atoms with Gasteiger partial charge in [-0.2, -0.15) is 0 Å². The summed E-state index contributed by atoms with van der Waals surface area (Å²) in [6.45, 7) is 3.29. The number of urea groups is 1. The van der Waals surface area contributed by atoms with Crippen molar-refractivity contribution in [2.45, 2.75) is 44.2 Å². The third-order valence-electron chi connectivity index (χ3n) is 7.70. The maximum absolute atomic E-state index is 14.0. The van der Waals surface area contributed by atoms with Gasteiger partial charge in [-0.25, -0.2) is 4.79 Å². The van der Waals surface area contributed by atoms with Crippen molar-refractivity contribution in [3.63, 3.8) is 0 Å². The van der Waals surface area contributed by atoms with E-state index in [1.165, 1.54) is 4.90 Å². The van der Waals surface area contributed by atoms with E-state index >= 15 is 0 Å². The zero-order valence-corrected chi connectivity index (χ0v) is 21.4. The van der Waals surface area contributed by atoms with Gasteiger partial charge in [-0.1, -0.05) is 19.1 Å². The average Bonchev–Trinajstić information content (AvgIpc) is 3.32. The first-order chi connectivity index (χ1) is 17.3. The second-order valence-corrected chi connectivity index (χ2v) is 10.1. The van der Waals surface area contributed by atoms with Crippen LogP contribution in [0.5, 0.6) is 11.5 Å². The SMILES string of the molecule is CCC12Cc3c([nH]c4ccc(OC)cc34)C(c3cccc(O)c3)N1C(=O)N(CCCCN(C)C)C2=O.